The quantitative estimate of drug-likeness (QED) is 0.549. The predicted octanol–water partition coefficient (Wildman–Crippen LogP) is 3.87. The molecular formula is C22H37N3O3S. The van der Waals surface area contributed by atoms with E-state index < -0.39 is 10.2 Å². The second-order valence-electron chi connectivity index (χ2n) is 8.26. The lowest BCUT2D eigenvalue weighted by molar-refractivity contribution is 0.0193. The van der Waals surface area contributed by atoms with E-state index in [1.807, 2.05) is 18.2 Å². The van der Waals surface area contributed by atoms with Crippen LogP contribution in [0.2, 0.25) is 0 Å². The van der Waals surface area contributed by atoms with Gasteiger partial charge < -0.3 is 9.64 Å². The van der Waals surface area contributed by atoms with Crippen LogP contribution in [0.3, 0.4) is 0 Å². The van der Waals surface area contributed by atoms with Crippen LogP contribution in [-0.4, -0.2) is 63.1 Å². The van der Waals surface area contributed by atoms with E-state index in [9.17, 15) is 8.42 Å². The molecule has 6 nitrogen and oxygen atoms in total. The molecule has 29 heavy (non-hydrogen) atoms. The van der Waals surface area contributed by atoms with Gasteiger partial charge in [-0.05, 0) is 70.3 Å². The van der Waals surface area contributed by atoms with Crippen molar-refractivity contribution in [3.63, 3.8) is 0 Å². The molecule has 7 heteroatoms. The van der Waals surface area contributed by atoms with Crippen LogP contribution in [0.15, 0.2) is 30.3 Å². The van der Waals surface area contributed by atoms with Crippen molar-refractivity contribution >= 4 is 15.9 Å². The third-order valence-corrected chi connectivity index (χ3v) is 7.47. The van der Waals surface area contributed by atoms with Crippen LogP contribution in [0.1, 0.15) is 57.8 Å². The molecule has 0 saturated carbocycles. The first-order valence-electron chi connectivity index (χ1n) is 11.3. The molecular weight excluding hydrogens is 386 g/mol. The number of para-hydroxylation sites is 1. The van der Waals surface area contributed by atoms with E-state index in [1.54, 1.807) is 12.1 Å². The molecule has 2 aliphatic heterocycles. The summed E-state index contributed by atoms with van der Waals surface area (Å²) in [7, 11) is -3.48. The van der Waals surface area contributed by atoms with Crippen molar-refractivity contribution in [2.75, 3.05) is 44.1 Å². The number of hydrogen-bond donors (Lipinski definition) is 1. The van der Waals surface area contributed by atoms with Gasteiger partial charge in [0, 0.05) is 25.4 Å². The summed E-state index contributed by atoms with van der Waals surface area (Å²) in [5.74, 6) is 0. The largest absolute Gasteiger partial charge is 0.378 e. The van der Waals surface area contributed by atoms with Gasteiger partial charge in [0.25, 0.3) is 0 Å². The zero-order valence-corrected chi connectivity index (χ0v) is 18.4. The number of ether oxygens (including phenoxy) is 1. The summed E-state index contributed by atoms with van der Waals surface area (Å²) in [5, 5.41) is 0. The molecule has 0 bridgehead atoms. The Morgan fingerprint density at radius 3 is 2.31 bits per heavy atom. The average Bonchev–Trinajstić information content (AvgIpc) is 2.74. The molecule has 0 atom stereocenters. The first kappa shape index (κ1) is 22.5. The Kier molecular flexibility index (Phi) is 9.24. The summed E-state index contributed by atoms with van der Waals surface area (Å²) < 4.78 is 35.2. The standard InChI is InChI=1S/C22H37N3O3S/c26-29(27,23-21-11-5-3-6-12-21)25-18-13-22(14-19-25)28-20-10-2-1-7-15-24-16-8-4-9-17-24/h3,5-6,11-12,22-23H,1-2,4,7-10,13-20H2. The van der Waals surface area contributed by atoms with Crippen LogP contribution in [0, 0.1) is 0 Å². The van der Waals surface area contributed by atoms with Crippen molar-refractivity contribution in [3.8, 4) is 0 Å². The summed E-state index contributed by atoms with van der Waals surface area (Å²) in [4.78, 5) is 2.61. The van der Waals surface area contributed by atoms with Crippen molar-refractivity contribution in [2.24, 2.45) is 0 Å². The second kappa shape index (κ2) is 11.9. The lowest BCUT2D eigenvalue weighted by Crippen LogP contribution is -2.43. The molecule has 0 amide bonds. The highest BCUT2D eigenvalue weighted by atomic mass is 32.2. The van der Waals surface area contributed by atoms with Gasteiger partial charge in [0.1, 0.15) is 0 Å². The van der Waals surface area contributed by atoms with E-state index in [-0.39, 0.29) is 6.10 Å². The van der Waals surface area contributed by atoms with E-state index in [0.717, 1.165) is 25.9 Å². The molecule has 2 saturated heterocycles. The van der Waals surface area contributed by atoms with Crippen molar-refractivity contribution in [1.82, 2.24) is 9.21 Å². The van der Waals surface area contributed by atoms with Crippen LogP contribution in [-0.2, 0) is 14.9 Å². The van der Waals surface area contributed by atoms with E-state index >= 15 is 0 Å². The molecule has 0 unspecified atom stereocenters. The number of anilines is 1. The lowest BCUT2D eigenvalue weighted by atomic mass is 10.1. The van der Waals surface area contributed by atoms with Gasteiger partial charge in [-0.3, -0.25) is 4.72 Å². The average molecular weight is 424 g/mol. The Morgan fingerprint density at radius 2 is 1.59 bits per heavy atom. The molecule has 0 aromatic heterocycles. The molecule has 2 heterocycles. The van der Waals surface area contributed by atoms with Crippen LogP contribution in [0.25, 0.3) is 0 Å². The Labute approximate surface area is 176 Å². The molecule has 1 aromatic carbocycles. The highest BCUT2D eigenvalue weighted by Crippen LogP contribution is 2.19. The Hall–Kier alpha value is -1.15. The van der Waals surface area contributed by atoms with Crippen molar-refractivity contribution in [1.29, 1.82) is 0 Å². The molecule has 2 aliphatic rings. The van der Waals surface area contributed by atoms with E-state index in [4.69, 9.17) is 4.74 Å². The number of hydrogen-bond acceptors (Lipinski definition) is 4. The molecule has 0 spiro atoms. The van der Waals surface area contributed by atoms with Gasteiger partial charge in [0.05, 0.1) is 6.10 Å². The number of unbranched alkanes of at least 4 members (excludes halogenated alkanes) is 3. The van der Waals surface area contributed by atoms with E-state index in [1.165, 1.54) is 62.5 Å². The van der Waals surface area contributed by atoms with Gasteiger partial charge in [-0.2, -0.15) is 12.7 Å². The van der Waals surface area contributed by atoms with Gasteiger partial charge in [0.2, 0.25) is 0 Å². The third-order valence-electron chi connectivity index (χ3n) is 5.93. The topological polar surface area (TPSA) is 61.9 Å². The smallest absolute Gasteiger partial charge is 0.301 e. The fraction of sp³-hybridized carbons (Fsp3) is 0.727. The van der Waals surface area contributed by atoms with Gasteiger partial charge in [-0.25, -0.2) is 0 Å². The molecule has 3 rings (SSSR count). The highest BCUT2D eigenvalue weighted by Gasteiger charge is 2.28. The maximum atomic E-state index is 12.5. The monoisotopic (exact) mass is 423 g/mol. The summed E-state index contributed by atoms with van der Waals surface area (Å²) in [6.07, 6.45) is 10.8. The zero-order valence-electron chi connectivity index (χ0n) is 17.6. The zero-order chi connectivity index (χ0) is 20.4. The summed E-state index contributed by atoms with van der Waals surface area (Å²) in [5.41, 5.74) is 0.603. The number of piperidine rings is 2. The molecule has 164 valence electrons. The third kappa shape index (κ3) is 7.89. The summed E-state index contributed by atoms with van der Waals surface area (Å²) in [6.45, 7) is 5.66. The Balaban J connectivity index is 1.23. The minimum atomic E-state index is -3.48. The second-order valence-corrected chi connectivity index (χ2v) is 9.93. The molecule has 0 radical (unpaired) electrons. The maximum Gasteiger partial charge on any atom is 0.301 e. The number of nitrogens with zero attached hydrogens (tertiary/aromatic N) is 2. The van der Waals surface area contributed by atoms with Gasteiger partial charge >= 0.3 is 10.2 Å². The van der Waals surface area contributed by atoms with Crippen molar-refractivity contribution in [3.05, 3.63) is 30.3 Å². The van der Waals surface area contributed by atoms with Gasteiger partial charge in [-0.15, -0.1) is 0 Å². The van der Waals surface area contributed by atoms with Gasteiger partial charge in [0.15, 0.2) is 0 Å². The summed E-state index contributed by atoms with van der Waals surface area (Å²) >= 11 is 0. The van der Waals surface area contributed by atoms with Gasteiger partial charge in [-0.1, -0.05) is 37.5 Å². The number of likely N-dealkylation sites (tertiary alicyclic amines) is 1. The highest BCUT2D eigenvalue weighted by molar-refractivity contribution is 7.90. The van der Waals surface area contributed by atoms with Crippen LogP contribution >= 0.6 is 0 Å². The number of rotatable bonds is 11. The fourth-order valence-corrected chi connectivity index (χ4v) is 5.44. The van der Waals surface area contributed by atoms with Crippen molar-refractivity contribution in [2.45, 2.75) is 63.9 Å². The van der Waals surface area contributed by atoms with Crippen LogP contribution < -0.4 is 4.72 Å². The van der Waals surface area contributed by atoms with Crippen LogP contribution in [0.4, 0.5) is 5.69 Å². The minimum absolute atomic E-state index is 0.187. The molecule has 0 aliphatic carbocycles. The molecule has 1 aromatic rings. The normalized spacial score (nSPS) is 20.0. The fourth-order valence-electron chi connectivity index (χ4n) is 4.18. The van der Waals surface area contributed by atoms with Crippen LogP contribution in [0.5, 0.6) is 0 Å². The van der Waals surface area contributed by atoms with E-state index in [0.29, 0.717) is 18.8 Å². The number of nitrogens with one attached hydrogen (secondary N) is 1. The SMILES string of the molecule is O=S(=O)(Nc1ccccc1)N1CCC(OCCCCCCN2CCCCC2)CC1. The first-order chi connectivity index (χ1) is 14.1. The molecule has 2 fully saturated rings. The minimum Gasteiger partial charge on any atom is -0.378 e. The lowest BCUT2D eigenvalue weighted by Gasteiger charge is -2.31. The summed E-state index contributed by atoms with van der Waals surface area (Å²) in [6, 6.07) is 9.05. The Bertz CT molecular complexity index is 670. The first-order valence-corrected chi connectivity index (χ1v) is 12.7. The predicted molar refractivity (Wildman–Crippen MR) is 118 cm³/mol. The maximum absolute atomic E-state index is 12.5. The van der Waals surface area contributed by atoms with E-state index in [2.05, 4.69) is 9.62 Å². The molecule has 1 N–H and O–H groups in total. The Morgan fingerprint density at radius 1 is 0.897 bits per heavy atom. The van der Waals surface area contributed by atoms with Crippen molar-refractivity contribution < 1.29 is 13.2 Å². The number of benzene rings is 1.